The molecule has 0 unspecified atom stereocenters. The van der Waals surface area contributed by atoms with Gasteiger partial charge >= 0.3 is 12.4 Å². The lowest BCUT2D eigenvalue weighted by atomic mass is 9.93. The molecule has 3 rings (SSSR count). The number of pyridine rings is 1. The highest BCUT2D eigenvalue weighted by atomic mass is 19.4. The van der Waals surface area contributed by atoms with E-state index < -0.39 is 23.5 Å². The van der Waals surface area contributed by atoms with Crippen LogP contribution in [0.3, 0.4) is 0 Å². The molecule has 1 N–H and O–H groups in total. The van der Waals surface area contributed by atoms with E-state index in [-0.39, 0.29) is 24.2 Å². The van der Waals surface area contributed by atoms with Crippen molar-refractivity contribution in [2.45, 2.75) is 24.7 Å². The molecule has 158 valence electrons. The van der Waals surface area contributed by atoms with Gasteiger partial charge in [-0.3, -0.25) is 4.98 Å². The number of nitrogens with zero attached hydrogens (tertiary/aromatic N) is 1. The van der Waals surface area contributed by atoms with Crippen LogP contribution in [-0.2, 0) is 18.8 Å². The van der Waals surface area contributed by atoms with E-state index in [4.69, 9.17) is 0 Å². The van der Waals surface area contributed by atoms with E-state index in [9.17, 15) is 26.3 Å². The highest BCUT2D eigenvalue weighted by molar-refractivity contribution is 5.51. The summed E-state index contributed by atoms with van der Waals surface area (Å²) in [6, 6.07) is 16.1. The zero-order valence-electron chi connectivity index (χ0n) is 15.6. The Hall–Kier alpha value is -3.03. The van der Waals surface area contributed by atoms with Crippen LogP contribution < -0.4 is 5.32 Å². The van der Waals surface area contributed by atoms with Gasteiger partial charge in [-0.15, -0.1) is 0 Å². The summed E-state index contributed by atoms with van der Waals surface area (Å²) in [5, 5.41) is 2.76. The number of aromatic nitrogens is 1. The molecular weight excluding hydrogens is 406 g/mol. The molecule has 2 nitrogen and oxygen atoms in total. The van der Waals surface area contributed by atoms with Crippen LogP contribution >= 0.6 is 0 Å². The molecule has 1 aromatic heterocycles. The van der Waals surface area contributed by atoms with Crippen molar-refractivity contribution in [3.8, 4) is 0 Å². The minimum atomic E-state index is -4.88. The fourth-order valence-electron chi connectivity index (χ4n) is 3.10. The lowest BCUT2D eigenvalue weighted by molar-refractivity contribution is -0.143. The summed E-state index contributed by atoms with van der Waals surface area (Å²) in [6.07, 6.45) is -7.66. The summed E-state index contributed by atoms with van der Waals surface area (Å²) in [5.74, 6) is -0.204. The summed E-state index contributed by atoms with van der Waals surface area (Å²) >= 11 is 0. The fourth-order valence-corrected chi connectivity index (χ4v) is 3.10. The Balaban J connectivity index is 1.87. The number of anilines is 1. The van der Waals surface area contributed by atoms with Crippen LogP contribution in [0.2, 0.25) is 0 Å². The Morgan fingerprint density at radius 3 is 1.90 bits per heavy atom. The van der Waals surface area contributed by atoms with Crippen LogP contribution in [0, 0.1) is 0 Å². The Bertz CT molecular complexity index is 921. The molecule has 0 aliphatic carbocycles. The van der Waals surface area contributed by atoms with Crippen molar-refractivity contribution >= 4 is 5.69 Å². The average molecular weight is 424 g/mol. The summed E-state index contributed by atoms with van der Waals surface area (Å²) in [6.45, 7) is 0.138. The fraction of sp³-hybridized carbons (Fsp3) is 0.227. The summed E-state index contributed by atoms with van der Waals surface area (Å²) < 4.78 is 78.5. The molecule has 0 amide bonds. The van der Waals surface area contributed by atoms with E-state index in [0.29, 0.717) is 18.6 Å². The largest absolute Gasteiger partial charge is 0.416 e. The number of hydrogen-bond acceptors (Lipinski definition) is 2. The van der Waals surface area contributed by atoms with Crippen LogP contribution in [0.1, 0.15) is 28.3 Å². The standard InChI is InChI=1S/C22H18F6N2/c23-21(24,25)17-11-18(22(26,27)28)13-20(12-17)30-14-16(15-6-2-1-3-7-15)10-19-8-4-5-9-29-19/h1-9,11-13,16,30H,10,14H2/t16-/m1/s1. The quantitative estimate of drug-likeness (QED) is 0.454. The zero-order chi connectivity index (χ0) is 21.8. The minimum absolute atomic E-state index is 0.119. The van der Waals surface area contributed by atoms with E-state index in [2.05, 4.69) is 10.3 Å². The van der Waals surface area contributed by atoms with Crippen molar-refractivity contribution in [2.24, 2.45) is 0 Å². The first-order valence-corrected chi connectivity index (χ1v) is 9.11. The van der Waals surface area contributed by atoms with Gasteiger partial charge in [-0.1, -0.05) is 36.4 Å². The van der Waals surface area contributed by atoms with Crippen molar-refractivity contribution in [3.05, 3.63) is 95.3 Å². The maximum absolute atomic E-state index is 13.1. The second kappa shape index (κ2) is 8.77. The molecule has 0 aliphatic heterocycles. The predicted octanol–water partition coefficient (Wildman–Crippen LogP) is 6.56. The maximum Gasteiger partial charge on any atom is 0.416 e. The molecule has 0 radical (unpaired) electrons. The van der Waals surface area contributed by atoms with Gasteiger partial charge in [0.25, 0.3) is 0 Å². The predicted molar refractivity (Wildman–Crippen MR) is 102 cm³/mol. The van der Waals surface area contributed by atoms with Gasteiger partial charge in [-0.05, 0) is 42.3 Å². The van der Waals surface area contributed by atoms with Crippen molar-refractivity contribution in [1.82, 2.24) is 4.98 Å². The molecule has 3 aromatic rings. The van der Waals surface area contributed by atoms with Crippen molar-refractivity contribution in [2.75, 3.05) is 11.9 Å². The van der Waals surface area contributed by atoms with E-state index in [1.807, 2.05) is 42.5 Å². The SMILES string of the molecule is FC(F)(F)c1cc(NC[C@@H](Cc2ccccn2)c2ccccc2)cc(C(F)(F)F)c1. The third-order valence-corrected chi connectivity index (χ3v) is 4.59. The molecule has 2 aromatic carbocycles. The smallest absolute Gasteiger partial charge is 0.384 e. The van der Waals surface area contributed by atoms with Gasteiger partial charge < -0.3 is 5.32 Å². The Labute approximate surface area is 169 Å². The second-order valence-electron chi connectivity index (χ2n) is 6.81. The van der Waals surface area contributed by atoms with Crippen molar-refractivity contribution in [3.63, 3.8) is 0 Å². The molecule has 8 heteroatoms. The first kappa shape index (κ1) is 21.7. The maximum atomic E-state index is 13.1. The summed E-state index contributed by atoms with van der Waals surface area (Å²) in [5.41, 5.74) is -1.26. The van der Waals surface area contributed by atoms with Crippen LogP contribution in [0.25, 0.3) is 0 Å². The first-order chi connectivity index (χ1) is 14.1. The van der Waals surface area contributed by atoms with Crippen molar-refractivity contribution in [1.29, 1.82) is 0 Å². The van der Waals surface area contributed by atoms with Crippen molar-refractivity contribution < 1.29 is 26.3 Å². The van der Waals surface area contributed by atoms with Gasteiger partial charge in [0.15, 0.2) is 0 Å². The van der Waals surface area contributed by atoms with Gasteiger partial charge in [0, 0.05) is 30.0 Å². The molecule has 30 heavy (non-hydrogen) atoms. The van der Waals surface area contributed by atoms with Gasteiger partial charge in [-0.25, -0.2) is 0 Å². The lowest BCUT2D eigenvalue weighted by Crippen LogP contribution is -2.17. The topological polar surface area (TPSA) is 24.9 Å². The number of rotatable bonds is 6. The van der Waals surface area contributed by atoms with E-state index in [1.54, 1.807) is 12.3 Å². The molecule has 0 aliphatic rings. The molecule has 0 bridgehead atoms. The highest BCUT2D eigenvalue weighted by Gasteiger charge is 2.37. The van der Waals surface area contributed by atoms with Gasteiger partial charge in [0.05, 0.1) is 11.1 Å². The molecule has 0 spiro atoms. The van der Waals surface area contributed by atoms with Crippen LogP contribution in [-0.4, -0.2) is 11.5 Å². The normalized spacial score (nSPS) is 13.1. The molecular formula is C22H18F6N2. The number of benzene rings is 2. The first-order valence-electron chi connectivity index (χ1n) is 9.11. The van der Waals surface area contributed by atoms with E-state index >= 15 is 0 Å². The van der Waals surface area contributed by atoms with Crippen LogP contribution in [0.4, 0.5) is 32.0 Å². The second-order valence-corrected chi connectivity index (χ2v) is 6.81. The number of alkyl halides is 6. The third kappa shape index (κ3) is 5.75. The van der Waals surface area contributed by atoms with Gasteiger partial charge in [0.1, 0.15) is 0 Å². The van der Waals surface area contributed by atoms with Crippen LogP contribution in [0.15, 0.2) is 72.9 Å². The Morgan fingerprint density at radius 2 is 1.37 bits per heavy atom. The monoisotopic (exact) mass is 424 g/mol. The zero-order valence-corrected chi connectivity index (χ0v) is 15.6. The van der Waals surface area contributed by atoms with Gasteiger partial charge in [-0.2, -0.15) is 26.3 Å². The van der Waals surface area contributed by atoms with E-state index in [1.165, 1.54) is 0 Å². The Kier molecular flexibility index (Phi) is 6.34. The third-order valence-electron chi connectivity index (χ3n) is 4.59. The number of halogens is 6. The number of nitrogens with one attached hydrogen (secondary N) is 1. The molecule has 1 atom stereocenters. The molecule has 0 fully saturated rings. The van der Waals surface area contributed by atoms with E-state index in [0.717, 1.165) is 11.3 Å². The highest BCUT2D eigenvalue weighted by Crippen LogP contribution is 2.37. The molecule has 0 saturated carbocycles. The summed E-state index contributed by atoms with van der Waals surface area (Å²) in [7, 11) is 0. The molecule has 0 saturated heterocycles. The molecule has 1 heterocycles. The van der Waals surface area contributed by atoms with Crippen LogP contribution in [0.5, 0.6) is 0 Å². The number of hydrogen-bond donors (Lipinski definition) is 1. The lowest BCUT2D eigenvalue weighted by Gasteiger charge is -2.20. The van der Waals surface area contributed by atoms with Gasteiger partial charge in [0.2, 0.25) is 0 Å². The average Bonchev–Trinajstić information content (AvgIpc) is 2.71. The Morgan fingerprint density at radius 1 is 0.767 bits per heavy atom. The minimum Gasteiger partial charge on any atom is -0.384 e. The summed E-state index contributed by atoms with van der Waals surface area (Å²) in [4.78, 5) is 4.27.